The Balaban J connectivity index is 1.55. The van der Waals surface area contributed by atoms with Crippen LogP contribution in [-0.2, 0) is 11.3 Å². The molecule has 132 valence electrons. The monoisotopic (exact) mass is 340 g/mol. The number of benzene rings is 2. The maximum Gasteiger partial charge on any atom is 0.224 e. The van der Waals surface area contributed by atoms with Crippen LogP contribution in [0.25, 0.3) is 0 Å². The van der Waals surface area contributed by atoms with Crippen molar-refractivity contribution >= 4 is 5.91 Å². The molecule has 1 saturated heterocycles. The first kappa shape index (κ1) is 17.6. The molecule has 4 heteroatoms. The van der Waals surface area contributed by atoms with Crippen molar-refractivity contribution in [1.29, 1.82) is 0 Å². The molecule has 0 saturated carbocycles. The van der Waals surface area contributed by atoms with Gasteiger partial charge in [0.25, 0.3) is 0 Å². The minimum atomic E-state index is -0.213. The fraction of sp³-hybridized carbons (Fsp3) is 0.381. The minimum Gasteiger partial charge on any atom is -0.349 e. The number of hydrogen-bond acceptors (Lipinski definition) is 2. The number of halogens is 1. The molecule has 0 bridgehead atoms. The number of likely N-dealkylation sites (tertiary alicyclic amines) is 1. The maximum atomic E-state index is 13.0. The highest BCUT2D eigenvalue weighted by molar-refractivity contribution is 5.79. The zero-order valence-electron chi connectivity index (χ0n) is 14.6. The summed E-state index contributed by atoms with van der Waals surface area (Å²) in [7, 11) is 0. The SMILES string of the molecule is C[C@@H](NC(=O)[C@H]1CCCN(Cc2ccc(F)cc2)C1)c1ccccc1. The molecule has 1 N–H and O–H groups in total. The van der Waals surface area contributed by atoms with Gasteiger partial charge in [0.05, 0.1) is 12.0 Å². The van der Waals surface area contributed by atoms with Crippen LogP contribution in [0, 0.1) is 11.7 Å². The standard InChI is InChI=1S/C21H25FN2O/c1-16(18-6-3-2-4-7-18)23-21(25)19-8-5-13-24(15-19)14-17-9-11-20(22)12-10-17/h2-4,6-7,9-12,16,19H,5,8,13-15H2,1H3,(H,23,25)/t16-,19+/m1/s1. The Morgan fingerprint density at radius 2 is 1.92 bits per heavy atom. The number of nitrogens with one attached hydrogen (secondary N) is 1. The number of nitrogens with zero attached hydrogens (tertiary/aromatic N) is 1. The van der Waals surface area contributed by atoms with E-state index in [0.29, 0.717) is 0 Å². The quantitative estimate of drug-likeness (QED) is 0.895. The number of carbonyl (C=O) groups is 1. The van der Waals surface area contributed by atoms with Crippen molar-refractivity contribution in [3.63, 3.8) is 0 Å². The fourth-order valence-electron chi connectivity index (χ4n) is 3.42. The van der Waals surface area contributed by atoms with Gasteiger partial charge in [0.15, 0.2) is 0 Å². The number of hydrogen-bond donors (Lipinski definition) is 1. The summed E-state index contributed by atoms with van der Waals surface area (Å²) in [6, 6.07) is 16.7. The molecule has 25 heavy (non-hydrogen) atoms. The molecule has 3 nitrogen and oxygen atoms in total. The minimum absolute atomic E-state index is 0.0142. The Bertz CT molecular complexity index is 687. The van der Waals surface area contributed by atoms with E-state index in [1.54, 1.807) is 0 Å². The van der Waals surface area contributed by atoms with Gasteiger partial charge in [-0.15, -0.1) is 0 Å². The Labute approximate surface area is 148 Å². The lowest BCUT2D eigenvalue weighted by molar-refractivity contribution is -0.127. The van der Waals surface area contributed by atoms with Crippen molar-refractivity contribution < 1.29 is 9.18 Å². The molecule has 1 aliphatic rings. The third-order valence-electron chi connectivity index (χ3n) is 4.85. The van der Waals surface area contributed by atoms with Crippen LogP contribution in [0.1, 0.15) is 36.9 Å². The van der Waals surface area contributed by atoms with Crippen LogP contribution in [0.5, 0.6) is 0 Å². The van der Waals surface area contributed by atoms with Crippen molar-refractivity contribution in [2.24, 2.45) is 5.92 Å². The molecule has 1 heterocycles. The van der Waals surface area contributed by atoms with Gasteiger partial charge in [0, 0.05) is 13.1 Å². The predicted octanol–water partition coefficient (Wildman–Crippen LogP) is 3.92. The molecule has 2 atom stereocenters. The van der Waals surface area contributed by atoms with Gasteiger partial charge in [-0.1, -0.05) is 42.5 Å². The van der Waals surface area contributed by atoms with Crippen molar-refractivity contribution in [2.45, 2.75) is 32.4 Å². The van der Waals surface area contributed by atoms with E-state index in [9.17, 15) is 9.18 Å². The second-order valence-corrected chi connectivity index (χ2v) is 6.84. The Morgan fingerprint density at radius 3 is 2.64 bits per heavy atom. The van der Waals surface area contributed by atoms with Crippen LogP contribution in [0.15, 0.2) is 54.6 Å². The average molecular weight is 340 g/mol. The highest BCUT2D eigenvalue weighted by Crippen LogP contribution is 2.20. The smallest absolute Gasteiger partial charge is 0.224 e. The Kier molecular flexibility index (Phi) is 5.82. The summed E-state index contributed by atoms with van der Waals surface area (Å²) in [5.41, 5.74) is 2.20. The Morgan fingerprint density at radius 1 is 1.20 bits per heavy atom. The maximum absolute atomic E-state index is 13.0. The molecule has 0 aromatic heterocycles. The third-order valence-corrected chi connectivity index (χ3v) is 4.85. The first-order valence-corrected chi connectivity index (χ1v) is 8.94. The molecule has 0 aliphatic carbocycles. The lowest BCUT2D eigenvalue weighted by Crippen LogP contribution is -2.43. The predicted molar refractivity (Wildman–Crippen MR) is 97.4 cm³/mol. The van der Waals surface area contributed by atoms with Gasteiger partial charge in [-0.05, 0) is 49.6 Å². The van der Waals surface area contributed by atoms with Crippen LogP contribution >= 0.6 is 0 Å². The van der Waals surface area contributed by atoms with E-state index in [1.165, 1.54) is 12.1 Å². The Hall–Kier alpha value is -2.20. The molecule has 0 unspecified atom stereocenters. The first-order chi connectivity index (χ1) is 12.1. The van der Waals surface area contributed by atoms with E-state index < -0.39 is 0 Å². The third kappa shape index (κ3) is 4.89. The van der Waals surface area contributed by atoms with Crippen molar-refractivity contribution in [3.05, 3.63) is 71.5 Å². The second-order valence-electron chi connectivity index (χ2n) is 6.84. The van der Waals surface area contributed by atoms with Gasteiger partial charge in [-0.25, -0.2) is 4.39 Å². The molecule has 1 fully saturated rings. The number of carbonyl (C=O) groups excluding carboxylic acids is 1. The number of rotatable bonds is 5. The number of amides is 1. The molecule has 0 radical (unpaired) electrons. The van der Waals surface area contributed by atoms with Crippen molar-refractivity contribution in [3.8, 4) is 0 Å². The highest BCUT2D eigenvalue weighted by atomic mass is 19.1. The molecule has 1 amide bonds. The van der Waals surface area contributed by atoms with E-state index in [-0.39, 0.29) is 23.7 Å². The molecular formula is C21H25FN2O. The molecule has 3 rings (SSSR count). The molecule has 2 aromatic rings. The summed E-state index contributed by atoms with van der Waals surface area (Å²) in [6.45, 7) is 4.52. The van der Waals surface area contributed by atoms with Gasteiger partial charge < -0.3 is 5.32 Å². The van der Waals surface area contributed by atoms with Crippen LogP contribution in [0.4, 0.5) is 4.39 Å². The van der Waals surface area contributed by atoms with Gasteiger partial charge in [-0.3, -0.25) is 9.69 Å². The molecule has 1 aliphatic heterocycles. The zero-order valence-corrected chi connectivity index (χ0v) is 14.6. The summed E-state index contributed by atoms with van der Waals surface area (Å²) in [5, 5.41) is 3.14. The van der Waals surface area contributed by atoms with Crippen LogP contribution < -0.4 is 5.32 Å². The van der Waals surface area contributed by atoms with E-state index in [1.807, 2.05) is 49.4 Å². The van der Waals surface area contributed by atoms with Crippen LogP contribution in [0.2, 0.25) is 0 Å². The summed E-state index contributed by atoms with van der Waals surface area (Å²) in [5.74, 6) is -0.0740. The van der Waals surface area contributed by atoms with E-state index in [4.69, 9.17) is 0 Å². The lowest BCUT2D eigenvalue weighted by Gasteiger charge is -2.32. The van der Waals surface area contributed by atoms with Gasteiger partial charge in [0.1, 0.15) is 5.82 Å². The first-order valence-electron chi connectivity index (χ1n) is 8.94. The van der Waals surface area contributed by atoms with Crippen LogP contribution in [0.3, 0.4) is 0 Å². The van der Waals surface area contributed by atoms with E-state index >= 15 is 0 Å². The normalized spacial score (nSPS) is 19.4. The van der Waals surface area contributed by atoms with Crippen molar-refractivity contribution in [1.82, 2.24) is 10.2 Å². The highest BCUT2D eigenvalue weighted by Gasteiger charge is 2.26. The second kappa shape index (κ2) is 8.26. The van der Waals surface area contributed by atoms with E-state index in [0.717, 1.165) is 43.6 Å². The van der Waals surface area contributed by atoms with Crippen molar-refractivity contribution in [2.75, 3.05) is 13.1 Å². The number of piperidine rings is 1. The largest absolute Gasteiger partial charge is 0.349 e. The molecule has 2 aromatic carbocycles. The van der Waals surface area contributed by atoms with E-state index in [2.05, 4.69) is 10.2 Å². The fourth-order valence-corrected chi connectivity index (χ4v) is 3.42. The summed E-state index contributed by atoms with van der Waals surface area (Å²) in [4.78, 5) is 14.9. The molecular weight excluding hydrogens is 315 g/mol. The summed E-state index contributed by atoms with van der Waals surface area (Å²) in [6.07, 6.45) is 1.94. The van der Waals surface area contributed by atoms with Gasteiger partial charge in [-0.2, -0.15) is 0 Å². The molecule has 0 spiro atoms. The van der Waals surface area contributed by atoms with Crippen LogP contribution in [-0.4, -0.2) is 23.9 Å². The average Bonchev–Trinajstić information content (AvgIpc) is 2.64. The topological polar surface area (TPSA) is 32.3 Å². The zero-order chi connectivity index (χ0) is 17.6. The lowest BCUT2D eigenvalue weighted by atomic mass is 9.96. The summed E-state index contributed by atoms with van der Waals surface area (Å²) >= 11 is 0. The van der Waals surface area contributed by atoms with Gasteiger partial charge >= 0.3 is 0 Å². The van der Waals surface area contributed by atoms with Gasteiger partial charge in [0.2, 0.25) is 5.91 Å². The summed E-state index contributed by atoms with van der Waals surface area (Å²) < 4.78 is 13.0.